The summed E-state index contributed by atoms with van der Waals surface area (Å²) in [5, 5.41) is 3.28. The smallest absolute Gasteiger partial charge is 0.180 e. The Morgan fingerprint density at radius 1 is 0.852 bits per heavy atom. The number of anilines is 1. The number of nitrogens with zero attached hydrogens (tertiary/aromatic N) is 6. The minimum absolute atomic E-state index is 0.464. The highest BCUT2D eigenvalue weighted by atomic mass is 15.1. The lowest BCUT2D eigenvalue weighted by atomic mass is 10.2. The summed E-state index contributed by atoms with van der Waals surface area (Å²) >= 11 is 0. The van der Waals surface area contributed by atoms with E-state index in [0.717, 1.165) is 16.8 Å². The molecule has 1 N–H and O–H groups in total. The normalized spacial score (nSPS) is 10.6. The molecule has 4 heterocycles. The molecule has 0 fully saturated rings. The summed E-state index contributed by atoms with van der Waals surface area (Å²) in [5.74, 6) is 1.92. The average Bonchev–Trinajstić information content (AvgIpc) is 2.74. The molecule has 0 amide bonds. The van der Waals surface area contributed by atoms with E-state index in [0.29, 0.717) is 29.7 Å². The van der Waals surface area contributed by atoms with Gasteiger partial charge in [0, 0.05) is 42.6 Å². The third-order valence-electron chi connectivity index (χ3n) is 3.84. The lowest BCUT2D eigenvalue weighted by molar-refractivity contribution is 0.929. The van der Waals surface area contributed by atoms with Crippen molar-refractivity contribution in [3.63, 3.8) is 0 Å². The van der Waals surface area contributed by atoms with E-state index in [1.54, 1.807) is 31.0 Å². The summed E-state index contributed by atoms with van der Waals surface area (Å²) in [5.41, 5.74) is 3.41. The van der Waals surface area contributed by atoms with Crippen LogP contribution in [0.2, 0.25) is 0 Å². The van der Waals surface area contributed by atoms with Crippen LogP contribution >= 0.6 is 0 Å². The summed E-state index contributed by atoms with van der Waals surface area (Å²) in [4.78, 5) is 26.4. The molecule has 27 heavy (non-hydrogen) atoms. The van der Waals surface area contributed by atoms with E-state index < -0.39 is 0 Å². The predicted molar refractivity (Wildman–Crippen MR) is 103 cm³/mol. The van der Waals surface area contributed by atoms with Gasteiger partial charge in [0.25, 0.3) is 0 Å². The van der Waals surface area contributed by atoms with Crippen molar-refractivity contribution in [2.24, 2.45) is 0 Å². The fourth-order valence-electron chi connectivity index (χ4n) is 2.49. The maximum absolute atomic E-state index is 4.66. The van der Waals surface area contributed by atoms with E-state index in [1.807, 2.05) is 43.3 Å². The molecule has 7 nitrogen and oxygen atoms in total. The van der Waals surface area contributed by atoms with Crippen LogP contribution in [0.3, 0.4) is 0 Å². The van der Waals surface area contributed by atoms with Crippen molar-refractivity contribution < 1.29 is 0 Å². The van der Waals surface area contributed by atoms with Crippen LogP contribution in [0.25, 0.3) is 22.8 Å². The van der Waals surface area contributed by atoms with Gasteiger partial charge in [0.1, 0.15) is 17.3 Å². The largest absolute Gasteiger partial charge is 0.363 e. The molecule has 0 aliphatic heterocycles. The molecule has 0 spiro atoms. The van der Waals surface area contributed by atoms with Crippen LogP contribution in [0.4, 0.5) is 5.82 Å². The predicted octanol–water partition coefficient (Wildman–Crippen LogP) is 3.31. The second-order valence-corrected chi connectivity index (χ2v) is 5.95. The minimum Gasteiger partial charge on any atom is -0.363 e. The molecule has 132 valence electrons. The van der Waals surface area contributed by atoms with Crippen LogP contribution < -0.4 is 5.32 Å². The molecule has 0 unspecified atom stereocenters. The first kappa shape index (κ1) is 16.7. The Morgan fingerprint density at radius 2 is 1.74 bits per heavy atom. The van der Waals surface area contributed by atoms with Gasteiger partial charge in [-0.2, -0.15) is 0 Å². The van der Waals surface area contributed by atoms with Gasteiger partial charge in [-0.1, -0.05) is 6.07 Å². The maximum atomic E-state index is 4.66. The molecule has 4 aromatic rings. The molecular formula is C20H17N7. The Hall–Kier alpha value is -3.74. The minimum atomic E-state index is 0.464. The van der Waals surface area contributed by atoms with E-state index in [9.17, 15) is 0 Å². The molecule has 0 saturated carbocycles. The van der Waals surface area contributed by atoms with E-state index in [2.05, 4.69) is 35.2 Å². The van der Waals surface area contributed by atoms with Crippen LogP contribution in [0, 0.1) is 6.92 Å². The van der Waals surface area contributed by atoms with Crippen LogP contribution in [-0.4, -0.2) is 29.9 Å². The van der Waals surface area contributed by atoms with Crippen molar-refractivity contribution in [1.29, 1.82) is 0 Å². The highest BCUT2D eigenvalue weighted by molar-refractivity contribution is 5.65. The van der Waals surface area contributed by atoms with Gasteiger partial charge in [0.05, 0.1) is 12.2 Å². The monoisotopic (exact) mass is 355 g/mol. The number of rotatable bonds is 5. The standard InChI is InChI=1S/C20H17N7/c1-14-10-23-19(24-11-14)13-25-18-9-17(15-5-4-7-21-12-15)26-20(27-18)16-6-2-3-8-22-16/h2-12H,13H2,1H3,(H,25,26,27). The van der Waals surface area contributed by atoms with Crippen LogP contribution in [0.15, 0.2) is 67.4 Å². The first-order valence-corrected chi connectivity index (χ1v) is 8.50. The molecule has 7 heteroatoms. The van der Waals surface area contributed by atoms with Gasteiger partial charge in [-0.05, 0) is 36.8 Å². The van der Waals surface area contributed by atoms with Gasteiger partial charge in [0.2, 0.25) is 0 Å². The third kappa shape index (κ3) is 4.09. The van der Waals surface area contributed by atoms with E-state index in [4.69, 9.17) is 0 Å². The lowest BCUT2D eigenvalue weighted by Gasteiger charge is -2.09. The second-order valence-electron chi connectivity index (χ2n) is 5.95. The Kier molecular flexibility index (Phi) is 4.74. The molecule has 0 aromatic carbocycles. The molecule has 0 aliphatic rings. The van der Waals surface area contributed by atoms with Crippen molar-refractivity contribution in [3.05, 3.63) is 78.8 Å². The highest BCUT2D eigenvalue weighted by Crippen LogP contribution is 2.23. The van der Waals surface area contributed by atoms with Gasteiger partial charge in [-0.3, -0.25) is 9.97 Å². The Bertz CT molecular complexity index is 961. The SMILES string of the molecule is Cc1cnc(CNc2cc(-c3cccnc3)nc(-c3ccccn3)n2)nc1. The molecular weight excluding hydrogens is 338 g/mol. The van der Waals surface area contributed by atoms with Gasteiger partial charge >= 0.3 is 0 Å². The average molecular weight is 355 g/mol. The van der Waals surface area contributed by atoms with Crippen molar-refractivity contribution in [3.8, 4) is 22.8 Å². The number of pyridine rings is 2. The molecule has 0 aliphatic carbocycles. The van der Waals surface area contributed by atoms with Crippen molar-refractivity contribution in [1.82, 2.24) is 29.9 Å². The summed E-state index contributed by atoms with van der Waals surface area (Å²) < 4.78 is 0. The number of hydrogen-bond acceptors (Lipinski definition) is 7. The quantitative estimate of drug-likeness (QED) is 0.587. The van der Waals surface area contributed by atoms with Crippen molar-refractivity contribution in [2.45, 2.75) is 13.5 Å². The zero-order chi connectivity index (χ0) is 18.5. The summed E-state index contributed by atoms with van der Waals surface area (Å²) in [6.07, 6.45) is 8.83. The van der Waals surface area contributed by atoms with Gasteiger partial charge in [-0.25, -0.2) is 19.9 Å². The molecule has 0 radical (unpaired) electrons. The summed E-state index contributed by atoms with van der Waals surface area (Å²) in [7, 11) is 0. The van der Waals surface area contributed by atoms with E-state index in [1.165, 1.54) is 0 Å². The second kappa shape index (κ2) is 7.65. The zero-order valence-electron chi connectivity index (χ0n) is 14.7. The zero-order valence-corrected chi connectivity index (χ0v) is 14.7. The first-order chi connectivity index (χ1) is 13.3. The molecule has 4 aromatic heterocycles. The van der Waals surface area contributed by atoms with Crippen LogP contribution in [0.1, 0.15) is 11.4 Å². The molecule has 4 rings (SSSR count). The lowest BCUT2D eigenvalue weighted by Crippen LogP contribution is -2.07. The topological polar surface area (TPSA) is 89.4 Å². The summed E-state index contributed by atoms with van der Waals surface area (Å²) in [6.45, 7) is 2.42. The number of aryl methyl sites for hydroxylation is 1. The third-order valence-corrected chi connectivity index (χ3v) is 3.84. The Labute approximate surface area is 156 Å². The van der Waals surface area contributed by atoms with Gasteiger partial charge < -0.3 is 5.32 Å². The molecule has 0 bridgehead atoms. The van der Waals surface area contributed by atoms with Gasteiger partial charge in [-0.15, -0.1) is 0 Å². The van der Waals surface area contributed by atoms with E-state index in [-0.39, 0.29) is 0 Å². The number of hydrogen-bond donors (Lipinski definition) is 1. The van der Waals surface area contributed by atoms with Crippen LogP contribution in [-0.2, 0) is 6.54 Å². The maximum Gasteiger partial charge on any atom is 0.180 e. The fraction of sp³-hybridized carbons (Fsp3) is 0.100. The Balaban J connectivity index is 1.68. The molecule has 0 saturated heterocycles. The fourth-order valence-corrected chi connectivity index (χ4v) is 2.49. The number of aromatic nitrogens is 6. The highest BCUT2D eigenvalue weighted by Gasteiger charge is 2.10. The van der Waals surface area contributed by atoms with Crippen molar-refractivity contribution in [2.75, 3.05) is 5.32 Å². The van der Waals surface area contributed by atoms with E-state index >= 15 is 0 Å². The number of nitrogens with one attached hydrogen (secondary N) is 1. The van der Waals surface area contributed by atoms with Crippen LogP contribution in [0.5, 0.6) is 0 Å². The Morgan fingerprint density at radius 3 is 2.48 bits per heavy atom. The van der Waals surface area contributed by atoms with Crippen molar-refractivity contribution >= 4 is 5.82 Å². The first-order valence-electron chi connectivity index (χ1n) is 8.50. The molecule has 0 atom stereocenters. The summed E-state index contributed by atoms with van der Waals surface area (Å²) in [6, 6.07) is 11.4. The van der Waals surface area contributed by atoms with Gasteiger partial charge in [0.15, 0.2) is 5.82 Å².